The molecule has 0 aliphatic heterocycles. The number of hydrogen-bond donors (Lipinski definition) is 2. The molecule has 148 valence electrons. The summed E-state index contributed by atoms with van der Waals surface area (Å²) in [5.74, 6) is 1.28. The predicted molar refractivity (Wildman–Crippen MR) is 114 cm³/mol. The molecule has 6 nitrogen and oxygen atoms in total. The zero-order chi connectivity index (χ0) is 20.3. The highest BCUT2D eigenvalue weighted by Gasteiger charge is 2.20. The SMILES string of the molecule is CNc1c(C(=O)NCCc2ccc(OC)c(OC)c2)sc2nc(C)cc(C)c12. The second-order valence-electron chi connectivity index (χ2n) is 6.51. The summed E-state index contributed by atoms with van der Waals surface area (Å²) in [4.78, 5) is 18.9. The van der Waals surface area contributed by atoms with Crippen LogP contribution in [-0.4, -0.2) is 38.7 Å². The number of fused-ring (bicyclic) bond motifs is 1. The zero-order valence-corrected chi connectivity index (χ0v) is 17.6. The van der Waals surface area contributed by atoms with Gasteiger partial charge in [0.2, 0.25) is 0 Å². The van der Waals surface area contributed by atoms with Crippen molar-refractivity contribution >= 4 is 33.1 Å². The largest absolute Gasteiger partial charge is 0.493 e. The number of pyridine rings is 1. The fraction of sp³-hybridized carbons (Fsp3) is 0.333. The zero-order valence-electron chi connectivity index (χ0n) is 16.8. The van der Waals surface area contributed by atoms with Gasteiger partial charge in [-0.15, -0.1) is 11.3 Å². The highest BCUT2D eigenvalue weighted by Crippen LogP contribution is 2.36. The third kappa shape index (κ3) is 3.89. The van der Waals surface area contributed by atoms with E-state index in [4.69, 9.17) is 9.47 Å². The van der Waals surface area contributed by atoms with Gasteiger partial charge in [-0.05, 0) is 49.6 Å². The van der Waals surface area contributed by atoms with Gasteiger partial charge in [0.25, 0.3) is 5.91 Å². The quantitative estimate of drug-likeness (QED) is 0.629. The predicted octanol–water partition coefficient (Wildman–Crippen LogP) is 3.94. The van der Waals surface area contributed by atoms with E-state index in [-0.39, 0.29) is 5.91 Å². The summed E-state index contributed by atoms with van der Waals surface area (Å²) in [5.41, 5.74) is 3.98. The Morgan fingerprint density at radius 3 is 2.57 bits per heavy atom. The van der Waals surface area contributed by atoms with E-state index in [9.17, 15) is 4.79 Å². The number of thiophene rings is 1. The summed E-state index contributed by atoms with van der Waals surface area (Å²) in [6, 6.07) is 7.81. The van der Waals surface area contributed by atoms with E-state index >= 15 is 0 Å². The number of aromatic nitrogens is 1. The number of amides is 1. The summed E-state index contributed by atoms with van der Waals surface area (Å²) < 4.78 is 10.6. The molecule has 3 rings (SSSR count). The third-order valence-corrected chi connectivity index (χ3v) is 5.67. The van der Waals surface area contributed by atoms with Gasteiger partial charge in [-0.25, -0.2) is 4.98 Å². The maximum atomic E-state index is 12.8. The van der Waals surface area contributed by atoms with Crippen LogP contribution in [0.15, 0.2) is 24.3 Å². The van der Waals surface area contributed by atoms with E-state index in [2.05, 4.69) is 15.6 Å². The molecule has 2 aromatic heterocycles. The van der Waals surface area contributed by atoms with Crippen molar-refractivity contribution in [3.63, 3.8) is 0 Å². The lowest BCUT2D eigenvalue weighted by Crippen LogP contribution is -2.25. The second-order valence-corrected chi connectivity index (χ2v) is 7.51. The molecule has 2 heterocycles. The first-order valence-corrected chi connectivity index (χ1v) is 9.87. The standard InChI is InChI=1S/C21H25N3O3S/c1-12-10-13(2)24-21-17(12)18(22-3)19(28-21)20(25)23-9-8-14-6-7-15(26-4)16(11-14)27-5/h6-7,10-11,22H,8-9H2,1-5H3,(H,23,25). The third-order valence-electron chi connectivity index (χ3n) is 4.59. The normalized spacial score (nSPS) is 10.8. The average molecular weight is 400 g/mol. The van der Waals surface area contributed by atoms with Gasteiger partial charge in [0, 0.05) is 24.7 Å². The number of nitrogens with one attached hydrogen (secondary N) is 2. The van der Waals surface area contributed by atoms with Crippen molar-refractivity contribution in [1.29, 1.82) is 0 Å². The summed E-state index contributed by atoms with van der Waals surface area (Å²) >= 11 is 1.42. The molecule has 2 N–H and O–H groups in total. The molecule has 7 heteroatoms. The first-order chi connectivity index (χ1) is 13.5. The van der Waals surface area contributed by atoms with E-state index in [1.54, 1.807) is 14.2 Å². The molecule has 0 fully saturated rings. The Kier molecular flexibility index (Phi) is 6.04. The molecule has 0 unspecified atom stereocenters. The minimum atomic E-state index is -0.0927. The minimum absolute atomic E-state index is 0.0927. The number of benzene rings is 1. The van der Waals surface area contributed by atoms with Crippen LogP contribution in [0.2, 0.25) is 0 Å². The van der Waals surface area contributed by atoms with E-state index in [0.29, 0.717) is 29.3 Å². The number of hydrogen-bond acceptors (Lipinski definition) is 6. The van der Waals surface area contributed by atoms with Gasteiger partial charge in [0.05, 0.1) is 19.9 Å². The first kappa shape index (κ1) is 19.9. The number of nitrogens with zero attached hydrogens (tertiary/aromatic N) is 1. The molecular weight excluding hydrogens is 374 g/mol. The van der Waals surface area contributed by atoms with Crippen molar-refractivity contribution in [3.8, 4) is 11.5 Å². The summed E-state index contributed by atoms with van der Waals surface area (Å²) in [7, 11) is 5.06. The fourth-order valence-corrected chi connectivity index (χ4v) is 4.50. The Hall–Kier alpha value is -2.80. The Balaban J connectivity index is 1.74. The lowest BCUT2D eigenvalue weighted by Gasteiger charge is -2.10. The Morgan fingerprint density at radius 1 is 1.14 bits per heavy atom. The van der Waals surface area contributed by atoms with Crippen LogP contribution in [0.1, 0.15) is 26.5 Å². The monoisotopic (exact) mass is 399 g/mol. The first-order valence-electron chi connectivity index (χ1n) is 9.06. The van der Waals surface area contributed by atoms with Gasteiger partial charge in [0.15, 0.2) is 11.5 Å². The average Bonchev–Trinajstić information content (AvgIpc) is 3.06. The number of aryl methyl sites for hydroxylation is 2. The van der Waals surface area contributed by atoms with Crippen LogP contribution in [0.5, 0.6) is 11.5 Å². The van der Waals surface area contributed by atoms with Crippen molar-refractivity contribution < 1.29 is 14.3 Å². The highest BCUT2D eigenvalue weighted by molar-refractivity contribution is 7.21. The van der Waals surface area contributed by atoms with Crippen LogP contribution in [0.25, 0.3) is 10.2 Å². The molecule has 0 aliphatic carbocycles. The lowest BCUT2D eigenvalue weighted by atomic mass is 10.1. The van der Waals surface area contributed by atoms with Crippen molar-refractivity contribution in [1.82, 2.24) is 10.3 Å². The molecule has 1 aromatic carbocycles. The Morgan fingerprint density at radius 2 is 1.89 bits per heavy atom. The highest BCUT2D eigenvalue weighted by atomic mass is 32.1. The van der Waals surface area contributed by atoms with Gasteiger partial charge in [-0.3, -0.25) is 4.79 Å². The molecule has 0 aliphatic rings. The fourth-order valence-electron chi connectivity index (χ4n) is 3.28. The van der Waals surface area contributed by atoms with Gasteiger partial charge in [-0.1, -0.05) is 6.07 Å². The molecule has 28 heavy (non-hydrogen) atoms. The molecule has 0 saturated carbocycles. The molecule has 0 bridgehead atoms. The summed E-state index contributed by atoms with van der Waals surface area (Å²) in [6.07, 6.45) is 0.697. The van der Waals surface area contributed by atoms with Gasteiger partial charge < -0.3 is 20.1 Å². The van der Waals surface area contributed by atoms with E-state index in [1.165, 1.54) is 11.3 Å². The maximum Gasteiger partial charge on any atom is 0.263 e. The van der Waals surface area contributed by atoms with Crippen LogP contribution in [0, 0.1) is 13.8 Å². The molecule has 0 radical (unpaired) electrons. The van der Waals surface area contributed by atoms with Crippen molar-refractivity contribution in [2.75, 3.05) is 33.1 Å². The van der Waals surface area contributed by atoms with Crippen LogP contribution < -0.4 is 20.1 Å². The van der Waals surface area contributed by atoms with Crippen LogP contribution >= 0.6 is 11.3 Å². The molecule has 3 aromatic rings. The van der Waals surface area contributed by atoms with Crippen molar-refractivity contribution in [2.24, 2.45) is 0 Å². The molecule has 0 spiro atoms. The second kappa shape index (κ2) is 8.48. The van der Waals surface area contributed by atoms with Gasteiger partial charge >= 0.3 is 0 Å². The van der Waals surface area contributed by atoms with Crippen molar-refractivity contribution in [2.45, 2.75) is 20.3 Å². The molecule has 0 atom stereocenters. The number of methoxy groups -OCH3 is 2. The molecule has 0 saturated heterocycles. The number of carbonyl (C=O) groups is 1. The van der Waals surface area contributed by atoms with E-state index in [0.717, 1.165) is 32.7 Å². The minimum Gasteiger partial charge on any atom is -0.493 e. The van der Waals surface area contributed by atoms with Crippen LogP contribution in [0.4, 0.5) is 5.69 Å². The van der Waals surface area contributed by atoms with E-state index < -0.39 is 0 Å². The topological polar surface area (TPSA) is 72.5 Å². The molecular formula is C21H25N3O3S. The van der Waals surface area contributed by atoms with Crippen LogP contribution in [0.3, 0.4) is 0 Å². The number of anilines is 1. The van der Waals surface area contributed by atoms with Gasteiger partial charge in [0.1, 0.15) is 9.71 Å². The molecule has 1 amide bonds. The van der Waals surface area contributed by atoms with E-state index in [1.807, 2.05) is 45.2 Å². The summed E-state index contributed by atoms with van der Waals surface area (Å²) in [6.45, 7) is 4.54. The Labute approximate surface area is 168 Å². The number of carbonyl (C=O) groups excluding carboxylic acids is 1. The smallest absolute Gasteiger partial charge is 0.263 e. The number of rotatable bonds is 7. The lowest BCUT2D eigenvalue weighted by molar-refractivity contribution is 0.0959. The van der Waals surface area contributed by atoms with Crippen LogP contribution in [-0.2, 0) is 6.42 Å². The van der Waals surface area contributed by atoms with Crippen molar-refractivity contribution in [3.05, 3.63) is 46.0 Å². The van der Waals surface area contributed by atoms with Gasteiger partial charge in [-0.2, -0.15) is 0 Å². The number of ether oxygens (including phenoxy) is 2. The Bertz CT molecular complexity index is 1010. The summed E-state index contributed by atoms with van der Waals surface area (Å²) in [5, 5.41) is 7.21. The maximum absolute atomic E-state index is 12.8.